The van der Waals surface area contributed by atoms with E-state index in [4.69, 9.17) is 0 Å². The van der Waals surface area contributed by atoms with Crippen LogP contribution in [0.2, 0.25) is 0 Å². The van der Waals surface area contributed by atoms with Crippen molar-refractivity contribution in [3.05, 3.63) is 0 Å². The van der Waals surface area contributed by atoms with Gasteiger partial charge < -0.3 is 4.48 Å². The van der Waals surface area contributed by atoms with Crippen LogP contribution in [0.3, 0.4) is 0 Å². The van der Waals surface area contributed by atoms with Crippen LogP contribution in [0.25, 0.3) is 0 Å². The van der Waals surface area contributed by atoms with Crippen LogP contribution in [-0.4, -0.2) is 31.2 Å². The van der Waals surface area contributed by atoms with Crippen LogP contribution in [0.1, 0.15) is 71.6 Å². The lowest BCUT2D eigenvalue weighted by atomic mass is 9.90. The van der Waals surface area contributed by atoms with Crippen LogP contribution in [0, 0.1) is 5.92 Å². The highest BCUT2D eigenvalue weighted by atomic mass is 15.3. The topological polar surface area (TPSA) is 0 Å². The molecule has 1 heteroatoms. The zero-order valence-electron chi connectivity index (χ0n) is 12.7. The molecule has 1 aliphatic carbocycles. The maximum absolute atomic E-state index is 2.48. The molecular weight excluding hydrogens is 206 g/mol. The summed E-state index contributed by atoms with van der Waals surface area (Å²) in [5.41, 5.74) is 0. The highest BCUT2D eigenvalue weighted by Crippen LogP contribution is 2.28. The molecule has 0 aromatic carbocycles. The number of rotatable bonds is 7. The SMILES string of the molecule is CCCCC(CC)C[N+](C)(C)C1CCCCC1. The van der Waals surface area contributed by atoms with Gasteiger partial charge in [-0.2, -0.15) is 0 Å². The van der Waals surface area contributed by atoms with E-state index in [1.807, 2.05) is 0 Å². The standard InChI is InChI=1S/C16H34N/c1-5-7-11-15(6-2)14-17(3,4)16-12-9-8-10-13-16/h15-16H,5-14H2,1-4H3/q+1. The second-order valence-corrected chi connectivity index (χ2v) is 6.67. The van der Waals surface area contributed by atoms with Crippen LogP contribution in [0.4, 0.5) is 0 Å². The average molecular weight is 240 g/mol. The van der Waals surface area contributed by atoms with Gasteiger partial charge in [-0.05, 0) is 38.5 Å². The van der Waals surface area contributed by atoms with Gasteiger partial charge in [0.25, 0.3) is 0 Å². The third kappa shape index (κ3) is 4.99. The van der Waals surface area contributed by atoms with Crippen molar-refractivity contribution in [3.8, 4) is 0 Å². The average Bonchev–Trinajstić information content (AvgIpc) is 2.35. The summed E-state index contributed by atoms with van der Waals surface area (Å²) < 4.78 is 1.28. The third-order valence-corrected chi connectivity index (χ3v) is 4.84. The molecule has 0 aromatic rings. The number of hydrogen-bond donors (Lipinski definition) is 0. The van der Waals surface area contributed by atoms with Crippen molar-refractivity contribution in [1.29, 1.82) is 0 Å². The Labute approximate surface area is 109 Å². The van der Waals surface area contributed by atoms with Gasteiger partial charge in [-0.1, -0.05) is 33.1 Å². The van der Waals surface area contributed by atoms with E-state index in [-0.39, 0.29) is 0 Å². The van der Waals surface area contributed by atoms with Crippen molar-refractivity contribution in [3.63, 3.8) is 0 Å². The summed E-state index contributed by atoms with van der Waals surface area (Å²) in [7, 11) is 4.95. The second kappa shape index (κ2) is 7.41. The van der Waals surface area contributed by atoms with E-state index in [0.29, 0.717) is 0 Å². The summed E-state index contributed by atoms with van der Waals surface area (Å²) in [6.45, 7) is 6.09. The fourth-order valence-corrected chi connectivity index (χ4v) is 3.51. The Morgan fingerprint density at radius 3 is 2.24 bits per heavy atom. The zero-order valence-corrected chi connectivity index (χ0v) is 12.7. The molecular formula is C16H34N+. The molecule has 17 heavy (non-hydrogen) atoms. The molecule has 0 aliphatic heterocycles. The van der Waals surface area contributed by atoms with Crippen molar-refractivity contribution in [2.45, 2.75) is 77.7 Å². The predicted molar refractivity (Wildman–Crippen MR) is 77.2 cm³/mol. The van der Waals surface area contributed by atoms with E-state index in [9.17, 15) is 0 Å². The summed E-state index contributed by atoms with van der Waals surface area (Å²) in [4.78, 5) is 0. The van der Waals surface area contributed by atoms with E-state index in [1.54, 1.807) is 0 Å². The highest BCUT2D eigenvalue weighted by molar-refractivity contribution is 4.67. The summed E-state index contributed by atoms with van der Waals surface area (Å²) in [6, 6.07) is 0.944. The summed E-state index contributed by atoms with van der Waals surface area (Å²) in [5, 5.41) is 0. The molecule has 1 atom stereocenters. The first kappa shape index (κ1) is 15.0. The molecule has 102 valence electrons. The molecule has 1 fully saturated rings. The Bertz CT molecular complexity index is 192. The molecule has 0 radical (unpaired) electrons. The molecule has 0 bridgehead atoms. The van der Waals surface area contributed by atoms with Crippen molar-refractivity contribution in [1.82, 2.24) is 0 Å². The molecule has 0 saturated heterocycles. The van der Waals surface area contributed by atoms with Crippen LogP contribution in [0.15, 0.2) is 0 Å². The Morgan fingerprint density at radius 1 is 1.06 bits per heavy atom. The molecule has 0 N–H and O–H groups in total. The van der Waals surface area contributed by atoms with E-state index in [1.165, 1.54) is 68.8 Å². The normalized spacial score (nSPS) is 20.5. The van der Waals surface area contributed by atoms with Gasteiger partial charge in [0.15, 0.2) is 0 Å². The van der Waals surface area contributed by atoms with Crippen molar-refractivity contribution < 1.29 is 4.48 Å². The molecule has 1 unspecified atom stereocenters. The fourth-order valence-electron chi connectivity index (χ4n) is 3.51. The first-order valence-electron chi connectivity index (χ1n) is 7.92. The Kier molecular flexibility index (Phi) is 6.54. The number of nitrogens with zero attached hydrogens (tertiary/aromatic N) is 1. The Balaban J connectivity index is 2.44. The lowest BCUT2D eigenvalue weighted by molar-refractivity contribution is -0.919. The quantitative estimate of drug-likeness (QED) is 0.570. The van der Waals surface area contributed by atoms with Gasteiger partial charge in [-0.15, -0.1) is 0 Å². The van der Waals surface area contributed by atoms with Gasteiger partial charge in [0.05, 0.1) is 26.7 Å². The van der Waals surface area contributed by atoms with Gasteiger partial charge in [0.2, 0.25) is 0 Å². The van der Waals surface area contributed by atoms with Crippen molar-refractivity contribution in [2.24, 2.45) is 5.92 Å². The smallest absolute Gasteiger partial charge is 0.0886 e. The van der Waals surface area contributed by atoms with Gasteiger partial charge in [0, 0.05) is 5.92 Å². The first-order chi connectivity index (χ1) is 8.10. The van der Waals surface area contributed by atoms with Crippen LogP contribution >= 0.6 is 0 Å². The van der Waals surface area contributed by atoms with Gasteiger partial charge in [-0.25, -0.2) is 0 Å². The Morgan fingerprint density at radius 2 is 1.71 bits per heavy atom. The predicted octanol–water partition coefficient (Wildman–Crippen LogP) is 4.61. The number of hydrogen-bond acceptors (Lipinski definition) is 0. The van der Waals surface area contributed by atoms with Gasteiger partial charge in [-0.3, -0.25) is 0 Å². The molecule has 1 rings (SSSR count). The minimum absolute atomic E-state index is 0.944. The fraction of sp³-hybridized carbons (Fsp3) is 1.00. The lowest BCUT2D eigenvalue weighted by Gasteiger charge is -2.42. The summed E-state index contributed by atoms with van der Waals surface area (Å²) >= 11 is 0. The molecule has 1 saturated carbocycles. The molecule has 0 amide bonds. The highest BCUT2D eigenvalue weighted by Gasteiger charge is 2.31. The number of quaternary nitrogens is 1. The maximum atomic E-state index is 2.48. The van der Waals surface area contributed by atoms with Gasteiger partial charge >= 0.3 is 0 Å². The third-order valence-electron chi connectivity index (χ3n) is 4.84. The Hall–Kier alpha value is -0.0400. The van der Waals surface area contributed by atoms with Crippen LogP contribution in [0.5, 0.6) is 0 Å². The molecule has 0 heterocycles. The van der Waals surface area contributed by atoms with E-state index in [0.717, 1.165) is 12.0 Å². The van der Waals surface area contributed by atoms with Gasteiger partial charge in [0.1, 0.15) is 0 Å². The molecule has 0 spiro atoms. The monoisotopic (exact) mass is 240 g/mol. The van der Waals surface area contributed by atoms with Crippen LogP contribution in [-0.2, 0) is 0 Å². The first-order valence-corrected chi connectivity index (χ1v) is 7.92. The minimum atomic E-state index is 0.944. The maximum Gasteiger partial charge on any atom is 0.0886 e. The van der Waals surface area contributed by atoms with E-state index < -0.39 is 0 Å². The van der Waals surface area contributed by atoms with Crippen molar-refractivity contribution in [2.75, 3.05) is 20.6 Å². The lowest BCUT2D eigenvalue weighted by Crippen LogP contribution is -2.52. The molecule has 0 aromatic heterocycles. The van der Waals surface area contributed by atoms with Crippen LogP contribution < -0.4 is 0 Å². The number of unbranched alkanes of at least 4 members (excludes halogenated alkanes) is 1. The van der Waals surface area contributed by atoms with Crippen molar-refractivity contribution >= 4 is 0 Å². The summed E-state index contributed by atoms with van der Waals surface area (Å²) in [6.07, 6.45) is 12.9. The zero-order chi connectivity index (χ0) is 12.7. The molecule has 1 aliphatic rings. The van der Waals surface area contributed by atoms with E-state index >= 15 is 0 Å². The molecule has 1 nitrogen and oxygen atoms in total. The largest absolute Gasteiger partial charge is 0.326 e. The minimum Gasteiger partial charge on any atom is -0.326 e. The summed E-state index contributed by atoms with van der Waals surface area (Å²) in [5.74, 6) is 0.951. The van der Waals surface area contributed by atoms with E-state index in [2.05, 4.69) is 27.9 Å². The second-order valence-electron chi connectivity index (χ2n) is 6.67.